The predicted molar refractivity (Wildman–Crippen MR) is 123 cm³/mol. The lowest BCUT2D eigenvalue weighted by Gasteiger charge is -2.34. The van der Waals surface area contributed by atoms with Crippen LogP contribution >= 0.6 is 0 Å². The molecule has 1 aliphatic rings. The van der Waals surface area contributed by atoms with Crippen molar-refractivity contribution in [2.24, 2.45) is 14.1 Å². The van der Waals surface area contributed by atoms with Gasteiger partial charge in [0.05, 0.1) is 6.54 Å². The number of likely N-dealkylation sites (tertiary alicyclic amines) is 1. The molecule has 0 aliphatic carbocycles. The lowest BCUT2D eigenvalue weighted by atomic mass is 10.00. The van der Waals surface area contributed by atoms with Gasteiger partial charge in [0, 0.05) is 26.7 Å². The number of nitrogens with zero attached hydrogens (tertiary/aromatic N) is 5. The van der Waals surface area contributed by atoms with Crippen LogP contribution in [0.1, 0.15) is 50.4 Å². The molecule has 1 saturated heterocycles. The van der Waals surface area contributed by atoms with Gasteiger partial charge in [0.1, 0.15) is 5.82 Å². The van der Waals surface area contributed by atoms with Crippen LogP contribution in [0.2, 0.25) is 0 Å². The van der Waals surface area contributed by atoms with E-state index in [1.807, 2.05) is 6.07 Å². The summed E-state index contributed by atoms with van der Waals surface area (Å²) in [5, 5.41) is 0. The van der Waals surface area contributed by atoms with Crippen molar-refractivity contribution in [3.8, 4) is 0 Å². The van der Waals surface area contributed by atoms with E-state index in [-0.39, 0.29) is 11.2 Å². The Morgan fingerprint density at radius 1 is 1.06 bits per heavy atom. The first kappa shape index (κ1) is 21.6. The summed E-state index contributed by atoms with van der Waals surface area (Å²) in [4.78, 5) is 32.9. The average Bonchev–Trinajstić information content (AvgIpc) is 3.15. The fourth-order valence-electron chi connectivity index (χ4n) is 4.85. The summed E-state index contributed by atoms with van der Waals surface area (Å²) in [7, 11) is 3.24. The van der Waals surface area contributed by atoms with Crippen molar-refractivity contribution in [1.82, 2.24) is 23.6 Å². The molecule has 1 unspecified atom stereocenters. The van der Waals surface area contributed by atoms with Crippen LogP contribution in [0.15, 0.2) is 39.9 Å². The molecule has 7 heteroatoms. The van der Waals surface area contributed by atoms with Crippen molar-refractivity contribution in [3.63, 3.8) is 0 Å². The maximum Gasteiger partial charge on any atom is 0.332 e. The summed E-state index contributed by atoms with van der Waals surface area (Å²) in [5.41, 5.74) is 1.73. The van der Waals surface area contributed by atoms with Gasteiger partial charge in [0.25, 0.3) is 5.56 Å². The van der Waals surface area contributed by atoms with E-state index < -0.39 is 0 Å². The number of imidazole rings is 1. The van der Waals surface area contributed by atoms with Crippen molar-refractivity contribution in [2.75, 3.05) is 6.54 Å². The predicted octanol–water partition coefficient (Wildman–Crippen LogP) is 2.83. The molecule has 4 rings (SSSR count). The maximum absolute atomic E-state index is 13.1. The smallest absolute Gasteiger partial charge is 0.321 e. The van der Waals surface area contributed by atoms with Crippen LogP contribution in [0.4, 0.5) is 0 Å². The molecule has 0 bridgehead atoms. The maximum atomic E-state index is 13.1. The summed E-state index contributed by atoms with van der Waals surface area (Å²) in [6.45, 7) is 4.72. The van der Waals surface area contributed by atoms with Gasteiger partial charge in [-0.2, -0.15) is 0 Å². The van der Waals surface area contributed by atoms with Gasteiger partial charge in [-0.1, -0.05) is 43.7 Å². The standard InChI is InChI=1S/C24H33N5O2/c1-4-19-14-8-9-15-28(19)17-20-25-22-21(23(30)27(3)24(31)26(22)2)29(20)16-10-13-18-11-6-5-7-12-18/h5-7,11-12,19H,4,8-10,13-17H2,1-3H3. The van der Waals surface area contributed by atoms with Crippen LogP contribution in [0.25, 0.3) is 11.2 Å². The zero-order chi connectivity index (χ0) is 22.0. The van der Waals surface area contributed by atoms with Gasteiger partial charge in [-0.05, 0) is 44.2 Å². The van der Waals surface area contributed by atoms with Gasteiger partial charge < -0.3 is 4.57 Å². The summed E-state index contributed by atoms with van der Waals surface area (Å²) in [6, 6.07) is 11.0. The number of fused-ring (bicyclic) bond motifs is 1. The van der Waals surface area contributed by atoms with E-state index in [4.69, 9.17) is 4.98 Å². The molecular formula is C24H33N5O2. The van der Waals surface area contributed by atoms with Crippen LogP contribution in [-0.4, -0.2) is 36.2 Å². The summed E-state index contributed by atoms with van der Waals surface area (Å²) >= 11 is 0. The molecule has 3 heterocycles. The lowest BCUT2D eigenvalue weighted by molar-refractivity contribution is 0.131. The zero-order valence-electron chi connectivity index (χ0n) is 18.9. The van der Waals surface area contributed by atoms with Crippen molar-refractivity contribution in [3.05, 3.63) is 62.6 Å². The van der Waals surface area contributed by atoms with Crippen LogP contribution in [-0.2, 0) is 33.6 Å². The normalized spacial score (nSPS) is 17.5. The number of aryl methyl sites for hydroxylation is 3. The van der Waals surface area contributed by atoms with Crippen LogP contribution in [0.5, 0.6) is 0 Å². The van der Waals surface area contributed by atoms with Crippen molar-refractivity contribution < 1.29 is 0 Å². The molecule has 0 spiro atoms. The van der Waals surface area contributed by atoms with Gasteiger partial charge in [0.15, 0.2) is 11.2 Å². The van der Waals surface area contributed by atoms with Gasteiger partial charge in [-0.25, -0.2) is 9.78 Å². The molecule has 0 N–H and O–H groups in total. The van der Waals surface area contributed by atoms with E-state index in [2.05, 4.69) is 40.7 Å². The van der Waals surface area contributed by atoms with Crippen molar-refractivity contribution >= 4 is 11.2 Å². The highest BCUT2D eigenvalue weighted by molar-refractivity contribution is 5.71. The number of benzene rings is 1. The first-order valence-electron chi connectivity index (χ1n) is 11.4. The molecule has 166 valence electrons. The molecule has 2 aromatic heterocycles. The van der Waals surface area contributed by atoms with Gasteiger partial charge >= 0.3 is 5.69 Å². The second-order valence-corrected chi connectivity index (χ2v) is 8.68. The quantitative estimate of drug-likeness (QED) is 0.586. The summed E-state index contributed by atoms with van der Waals surface area (Å²) in [5.74, 6) is 0.890. The number of hydrogen-bond acceptors (Lipinski definition) is 4. The Balaban J connectivity index is 1.72. The fourth-order valence-corrected chi connectivity index (χ4v) is 4.85. The monoisotopic (exact) mass is 423 g/mol. The molecule has 0 radical (unpaired) electrons. The first-order chi connectivity index (χ1) is 15.0. The van der Waals surface area contributed by atoms with Gasteiger partial charge in [-0.3, -0.25) is 18.8 Å². The molecule has 1 aliphatic heterocycles. The number of rotatable bonds is 7. The highest BCUT2D eigenvalue weighted by Crippen LogP contribution is 2.23. The summed E-state index contributed by atoms with van der Waals surface area (Å²) < 4.78 is 4.76. The Hall–Kier alpha value is -2.67. The van der Waals surface area contributed by atoms with E-state index in [1.165, 1.54) is 34.0 Å². The Morgan fingerprint density at radius 2 is 1.84 bits per heavy atom. The Kier molecular flexibility index (Phi) is 6.41. The van der Waals surface area contributed by atoms with Crippen molar-refractivity contribution in [1.29, 1.82) is 0 Å². The SMILES string of the molecule is CCC1CCCCN1Cc1nc2c(c(=O)n(C)c(=O)n2C)n1CCCc1ccccc1. The minimum absolute atomic E-state index is 0.262. The molecule has 7 nitrogen and oxygen atoms in total. The highest BCUT2D eigenvalue weighted by atomic mass is 16.2. The number of aromatic nitrogens is 4. The number of hydrogen-bond donors (Lipinski definition) is 0. The summed E-state index contributed by atoms with van der Waals surface area (Å²) in [6.07, 6.45) is 6.65. The number of piperidine rings is 1. The van der Waals surface area contributed by atoms with E-state index in [9.17, 15) is 9.59 Å². The van der Waals surface area contributed by atoms with Gasteiger partial charge in [0.2, 0.25) is 0 Å². The highest BCUT2D eigenvalue weighted by Gasteiger charge is 2.25. The molecule has 0 amide bonds. The fraction of sp³-hybridized carbons (Fsp3) is 0.542. The lowest BCUT2D eigenvalue weighted by Crippen LogP contribution is -2.39. The van der Waals surface area contributed by atoms with Crippen LogP contribution in [0.3, 0.4) is 0 Å². The van der Waals surface area contributed by atoms with E-state index in [0.717, 1.165) is 38.2 Å². The third-order valence-electron chi connectivity index (χ3n) is 6.68. The third-order valence-corrected chi connectivity index (χ3v) is 6.68. The van der Waals surface area contributed by atoms with E-state index >= 15 is 0 Å². The van der Waals surface area contributed by atoms with Crippen molar-refractivity contribution in [2.45, 2.75) is 64.6 Å². The van der Waals surface area contributed by atoms with E-state index in [1.54, 1.807) is 14.1 Å². The molecule has 0 saturated carbocycles. The second-order valence-electron chi connectivity index (χ2n) is 8.68. The van der Waals surface area contributed by atoms with E-state index in [0.29, 0.717) is 23.8 Å². The zero-order valence-corrected chi connectivity index (χ0v) is 18.9. The Morgan fingerprint density at radius 3 is 2.58 bits per heavy atom. The van der Waals surface area contributed by atoms with Gasteiger partial charge in [-0.15, -0.1) is 0 Å². The third kappa shape index (κ3) is 4.24. The molecule has 1 atom stereocenters. The second kappa shape index (κ2) is 9.22. The molecule has 3 aromatic rings. The minimum Gasteiger partial charge on any atom is -0.321 e. The molecular weight excluding hydrogens is 390 g/mol. The molecule has 1 fully saturated rings. The minimum atomic E-state index is -0.331. The topological polar surface area (TPSA) is 65.1 Å². The Bertz CT molecular complexity index is 1160. The first-order valence-corrected chi connectivity index (χ1v) is 11.4. The Labute approximate surface area is 182 Å². The average molecular weight is 424 g/mol. The largest absolute Gasteiger partial charge is 0.332 e. The molecule has 31 heavy (non-hydrogen) atoms. The van der Waals surface area contributed by atoms with Crippen LogP contribution < -0.4 is 11.2 Å². The van der Waals surface area contributed by atoms with Crippen LogP contribution in [0, 0.1) is 0 Å². The molecule has 1 aromatic carbocycles.